The summed E-state index contributed by atoms with van der Waals surface area (Å²) in [4.78, 5) is 37.9. The van der Waals surface area contributed by atoms with Gasteiger partial charge in [0.2, 0.25) is 5.91 Å². The molecule has 2 aromatic carbocycles. The van der Waals surface area contributed by atoms with Gasteiger partial charge in [-0.2, -0.15) is 0 Å². The molecule has 0 saturated carbocycles. The van der Waals surface area contributed by atoms with E-state index in [9.17, 15) is 14.4 Å². The minimum atomic E-state index is -0.368. The molecule has 1 aliphatic rings. The molecule has 0 atom stereocenters. The first kappa shape index (κ1) is 20.1. The van der Waals surface area contributed by atoms with E-state index in [0.717, 1.165) is 26.2 Å². The number of rotatable bonds is 7. The lowest BCUT2D eigenvalue weighted by Crippen LogP contribution is -2.35. The highest BCUT2D eigenvalue weighted by atomic mass is 79.9. The van der Waals surface area contributed by atoms with Crippen LogP contribution in [-0.4, -0.2) is 42.3 Å². The summed E-state index contributed by atoms with van der Waals surface area (Å²) in [7, 11) is 0. The fourth-order valence-electron chi connectivity index (χ4n) is 3.14. The second-order valence-electron chi connectivity index (χ2n) is 6.72. The second-order valence-corrected chi connectivity index (χ2v) is 7.64. The first-order chi connectivity index (χ1) is 13.3. The first-order valence-corrected chi connectivity index (χ1v) is 9.78. The number of hydrogen-bond donors (Lipinski definition) is 1. The number of nitrogens with one attached hydrogen (secondary N) is 1. The highest BCUT2D eigenvalue weighted by Crippen LogP contribution is 2.26. The van der Waals surface area contributed by atoms with Crippen molar-refractivity contribution in [3.8, 4) is 5.75 Å². The van der Waals surface area contributed by atoms with E-state index in [1.807, 2.05) is 26.0 Å². The Hall–Kier alpha value is -2.67. The molecule has 0 aromatic heterocycles. The van der Waals surface area contributed by atoms with E-state index in [1.165, 1.54) is 0 Å². The van der Waals surface area contributed by atoms with Crippen molar-refractivity contribution in [2.75, 3.05) is 19.7 Å². The third-order valence-corrected chi connectivity index (χ3v) is 4.88. The minimum Gasteiger partial charge on any atom is -0.492 e. The van der Waals surface area contributed by atoms with Gasteiger partial charge in [-0.3, -0.25) is 19.3 Å². The Morgan fingerprint density at radius 1 is 1.04 bits per heavy atom. The van der Waals surface area contributed by atoms with Crippen LogP contribution in [0.4, 0.5) is 0 Å². The van der Waals surface area contributed by atoms with E-state index in [1.54, 1.807) is 18.2 Å². The largest absolute Gasteiger partial charge is 0.492 e. The van der Waals surface area contributed by atoms with Crippen LogP contribution < -0.4 is 10.1 Å². The number of carbonyl (C=O) groups excluding carboxylic acids is 3. The average molecular weight is 445 g/mol. The van der Waals surface area contributed by atoms with E-state index in [-0.39, 0.29) is 30.7 Å². The number of hydrogen-bond acceptors (Lipinski definition) is 4. The molecule has 1 heterocycles. The molecule has 0 radical (unpaired) electrons. The quantitative estimate of drug-likeness (QED) is 0.525. The van der Waals surface area contributed by atoms with Crippen molar-refractivity contribution in [3.05, 3.63) is 63.1 Å². The van der Waals surface area contributed by atoms with Crippen LogP contribution in [0, 0.1) is 13.8 Å². The third kappa shape index (κ3) is 4.59. The molecular weight excluding hydrogens is 424 g/mol. The lowest BCUT2D eigenvalue weighted by atomic mass is 10.1. The predicted molar refractivity (Wildman–Crippen MR) is 109 cm³/mol. The van der Waals surface area contributed by atoms with Crippen molar-refractivity contribution in [3.63, 3.8) is 0 Å². The van der Waals surface area contributed by atoms with Crippen LogP contribution in [0.15, 0.2) is 40.9 Å². The SMILES string of the molecule is Cc1cc(C)cc(OCCNC(=O)CCN2C(=O)c3ccc(Br)cc3C2=O)c1. The minimum absolute atomic E-state index is 0.0493. The van der Waals surface area contributed by atoms with E-state index < -0.39 is 0 Å². The van der Waals surface area contributed by atoms with Crippen LogP contribution >= 0.6 is 15.9 Å². The van der Waals surface area contributed by atoms with Crippen molar-refractivity contribution < 1.29 is 19.1 Å². The zero-order valence-electron chi connectivity index (χ0n) is 15.8. The summed E-state index contributed by atoms with van der Waals surface area (Å²) in [6, 6.07) is 10.9. The topological polar surface area (TPSA) is 75.7 Å². The van der Waals surface area contributed by atoms with Crippen LogP contribution in [0.25, 0.3) is 0 Å². The Kier molecular flexibility index (Phi) is 6.14. The van der Waals surface area contributed by atoms with Gasteiger partial charge in [0.1, 0.15) is 12.4 Å². The molecule has 0 aliphatic carbocycles. The van der Waals surface area contributed by atoms with Gasteiger partial charge in [-0.1, -0.05) is 22.0 Å². The van der Waals surface area contributed by atoms with Crippen molar-refractivity contribution in [1.29, 1.82) is 0 Å². The molecule has 1 aliphatic heterocycles. The van der Waals surface area contributed by atoms with Gasteiger partial charge in [0.05, 0.1) is 17.7 Å². The highest BCUT2D eigenvalue weighted by Gasteiger charge is 2.35. The molecule has 0 saturated heterocycles. The van der Waals surface area contributed by atoms with Crippen LogP contribution in [0.2, 0.25) is 0 Å². The number of halogens is 1. The fourth-order valence-corrected chi connectivity index (χ4v) is 3.50. The van der Waals surface area contributed by atoms with Crippen LogP contribution in [0.1, 0.15) is 38.3 Å². The summed E-state index contributed by atoms with van der Waals surface area (Å²) in [5.41, 5.74) is 2.97. The maximum Gasteiger partial charge on any atom is 0.261 e. The number of aryl methyl sites for hydroxylation is 2. The van der Waals surface area contributed by atoms with Crippen LogP contribution in [-0.2, 0) is 4.79 Å². The molecule has 6 nitrogen and oxygen atoms in total. The summed E-state index contributed by atoms with van der Waals surface area (Å²) >= 11 is 3.30. The summed E-state index contributed by atoms with van der Waals surface area (Å²) in [6.07, 6.45) is 0.0518. The maximum atomic E-state index is 12.4. The second kappa shape index (κ2) is 8.56. The molecule has 7 heteroatoms. The molecule has 0 bridgehead atoms. The van der Waals surface area contributed by atoms with E-state index in [4.69, 9.17) is 4.74 Å². The molecule has 28 heavy (non-hydrogen) atoms. The number of fused-ring (bicyclic) bond motifs is 1. The van der Waals surface area contributed by atoms with Gasteiger partial charge < -0.3 is 10.1 Å². The number of benzene rings is 2. The maximum absolute atomic E-state index is 12.4. The number of amides is 3. The number of imide groups is 1. The van der Waals surface area contributed by atoms with Crippen LogP contribution in [0.5, 0.6) is 5.75 Å². The van der Waals surface area contributed by atoms with Crippen molar-refractivity contribution in [2.24, 2.45) is 0 Å². The standard InChI is InChI=1S/C21H21BrN2O4/c1-13-9-14(2)11-16(10-13)28-8-6-23-19(25)5-7-24-20(26)17-4-3-15(22)12-18(17)21(24)27/h3-4,9-12H,5-8H2,1-2H3,(H,23,25). The molecule has 2 aromatic rings. The zero-order chi connectivity index (χ0) is 20.3. The molecular formula is C21H21BrN2O4. The number of ether oxygens (including phenoxy) is 1. The lowest BCUT2D eigenvalue weighted by molar-refractivity contribution is -0.121. The normalized spacial score (nSPS) is 12.9. The van der Waals surface area contributed by atoms with Crippen molar-refractivity contribution in [1.82, 2.24) is 10.2 Å². The first-order valence-electron chi connectivity index (χ1n) is 8.98. The van der Waals surface area contributed by atoms with E-state index >= 15 is 0 Å². The van der Waals surface area contributed by atoms with Gasteiger partial charge in [0.25, 0.3) is 11.8 Å². The Morgan fingerprint density at radius 2 is 1.71 bits per heavy atom. The van der Waals surface area contributed by atoms with Gasteiger partial charge >= 0.3 is 0 Å². The molecule has 146 valence electrons. The number of nitrogens with zero attached hydrogens (tertiary/aromatic N) is 1. The van der Waals surface area contributed by atoms with E-state index in [0.29, 0.717) is 24.3 Å². The van der Waals surface area contributed by atoms with E-state index in [2.05, 4.69) is 27.3 Å². The lowest BCUT2D eigenvalue weighted by Gasteiger charge is -2.14. The Bertz CT molecular complexity index is 922. The van der Waals surface area contributed by atoms with Gasteiger partial charge in [-0.05, 0) is 55.3 Å². The average Bonchev–Trinajstić information content (AvgIpc) is 2.86. The van der Waals surface area contributed by atoms with Crippen molar-refractivity contribution >= 4 is 33.7 Å². The molecule has 3 rings (SSSR count). The molecule has 0 spiro atoms. The molecule has 1 N–H and O–H groups in total. The van der Waals surface area contributed by atoms with Crippen LogP contribution in [0.3, 0.4) is 0 Å². The van der Waals surface area contributed by atoms with Gasteiger partial charge in [0.15, 0.2) is 0 Å². The molecule has 0 fully saturated rings. The Balaban J connectivity index is 1.43. The number of carbonyl (C=O) groups is 3. The fraction of sp³-hybridized carbons (Fsp3) is 0.286. The Labute approximate surface area is 172 Å². The Morgan fingerprint density at radius 3 is 2.43 bits per heavy atom. The smallest absolute Gasteiger partial charge is 0.261 e. The zero-order valence-corrected chi connectivity index (χ0v) is 17.3. The molecule has 0 unspecified atom stereocenters. The van der Waals surface area contributed by atoms with Gasteiger partial charge in [-0.15, -0.1) is 0 Å². The summed E-state index contributed by atoms with van der Waals surface area (Å²) in [5.74, 6) is -0.198. The summed E-state index contributed by atoms with van der Waals surface area (Å²) in [5, 5.41) is 2.75. The van der Waals surface area contributed by atoms with Crippen molar-refractivity contribution in [2.45, 2.75) is 20.3 Å². The van der Waals surface area contributed by atoms with Gasteiger partial charge in [0, 0.05) is 17.4 Å². The van der Waals surface area contributed by atoms with Gasteiger partial charge in [-0.25, -0.2) is 0 Å². The third-order valence-electron chi connectivity index (χ3n) is 4.38. The highest BCUT2D eigenvalue weighted by molar-refractivity contribution is 9.10. The predicted octanol–water partition coefficient (Wildman–Crippen LogP) is 3.25. The molecule has 3 amide bonds. The summed E-state index contributed by atoms with van der Waals surface area (Å²) in [6.45, 7) is 4.74. The monoisotopic (exact) mass is 444 g/mol. The summed E-state index contributed by atoms with van der Waals surface area (Å²) < 4.78 is 6.38.